The van der Waals surface area contributed by atoms with Crippen LogP contribution in [0.3, 0.4) is 0 Å². The molecule has 2 N–H and O–H groups in total. The van der Waals surface area contributed by atoms with Crippen LogP contribution in [0.25, 0.3) is 4.91 Å². The van der Waals surface area contributed by atoms with Gasteiger partial charge in [-0.25, -0.2) is 18.0 Å². The Morgan fingerprint density at radius 3 is 2.27 bits per heavy atom. The minimum Gasteiger partial charge on any atom is -0.468 e. The Balaban J connectivity index is 1.70. The van der Waals surface area contributed by atoms with Crippen LogP contribution in [-0.4, -0.2) is 36.7 Å². The molecule has 2 aromatic carbocycles. The zero-order chi connectivity index (χ0) is 24.3. The average Bonchev–Trinajstić information content (AvgIpc) is 3.07. The second kappa shape index (κ2) is 9.70. The van der Waals surface area contributed by atoms with Crippen molar-refractivity contribution in [3.63, 3.8) is 0 Å². The number of ether oxygens (including phenoxy) is 1. The Morgan fingerprint density at radius 1 is 1.03 bits per heavy atom. The first-order chi connectivity index (χ1) is 15.6. The second-order valence-electron chi connectivity index (χ2n) is 7.67. The maximum Gasteiger partial charge on any atom is 0.323 e. The van der Waals surface area contributed by atoms with Crippen molar-refractivity contribution in [2.75, 3.05) is 30.3 Å². The quantitative estimate of drug-likeness (QED) is 0.411. The van der Waals surface area contributed by atoms with Crippen LogP contribution in [0.2, 0.25) is 0 Å². The molecule has 1 unspecified atom stereocenters. The zero-order valence-corrected chi connectivity index (χ0v) is 19.4. The molecule has 0 fully saturated rings. The molecule has 3 rings (SSSR count). The van der Waals surface area contributed by atoms with Gasteiger partial charge in [-0.15, -0.1) is 0 Å². The summed E-state index contributed by atoms with van der Waals surface area (Å²) in [6.45, 7) is 1.91. The molecule has 10 heteroatoms. The highest BCUT2D eigenvalue weighted by Gasteiger charge is 2.37. The molecule has 1 aliphatic heterocycles. The summed E-state index contributed by atoms with van der Waals surface area (Å²) in [5.41, 5.74) is 0.809. The SMILES string of the molecule is CCC(C(=O)OC)C1=NC=C(c2ccc(NC(=O)Nc3cc(F)c(F)cc3F)cc2)S1(C)C. The van der Waals surface area contributed by atoms with Crippen LogP contribution in [0.4, 0.5) is 29.3 Å². The van der Waals surface area contributed by atoms with Gasteiger partial charge in [0.1, 0.15) is 11.7 Å². The maximum absolute atomic E-state index is 13.7. The fraction of sp³-hybridized carbons (Fsp3) is 0.261. The van der Waals surface area contributed by atoms with E-state index in [4.69, 9.17) is 4.74 Å². The molecule has 6 nitrogen and oxygen atoms in total. The van der Waals surface area contributed by atoms with Crippen LogP contribution in [0.1, 0.15) is 18.9 Å². The van der Waals surface area contributed by atoms with Gasteiger partial charge >= 0.3 is 12.0 Å². The zero-order valence-electron chi connectivity index (χ0n) is 18.5. The fourth-order valence-corrected chi connectivity index (χ4v) is 6.08. The number of nitrogens with zero attached hydrogens (tertiary/aromatic N) is 1. The Hall–Kier alpha value is -3.27. The van der Waals surface area contributed by atoms with Crippen molar-refractivity contribution < 1.29 is 27.5 Å². The number of methoxy groups -OCH3 is 1. The molecule has 0 spiro atoms. The van der Waals surface area contributed by atoms with Crippen molar-refractivity contribution in [1.29, 1.82) is 0 Å². The van der Waals surface area contributed by atoms with Gasteiger partial charge in [0, 0.05) is 28.9 Å². The highest BCUT2D eigenvalue weighted by molar-refractivity contribution is 8.51. The van der Waals surface area contributed by atoms with Gasteiger partial charge < -0.3 is 15.4 Å². The monoisotopic (exact) mass is 479 g/mol. The van der Waals surface area contributed by atoms with Gasteiger partial charge in [-0.05, 0) is 36.6 Å². The van der Waals surface area contributed by atoms with Crippen LogP contribution in [0.5, 0.6) is 0 Å². The average molecular weight is 480 g/mol. The number of nitrogens with one attached hydrogen (secondary N) is 2. The minimum atomic E-state index is -1.53. The van der Waals surface area contributed by atoms with E-state index in [1.807, 2.05) is 6.92 Å². The molecule has 1 aliphatic rings. The molecule has 2 amide bonds. The minimum absolute atomic E-state index is 0.311. The van der Waals surface area contributed by atoms with Gasteiger partial charge in [0.15, 0.2) is 11.6 Å². The van der Waals surface area contributed by atoms with Crippen molar-refractivity contribution in [3.8, 4) is 0 Å². The van der Waals surface area contributed by atoms with Gasteiger partial charge in [-0.1, -0.05) is 19.1 Å². The van der Waals surface area contributed by atoms with E-state index < -0.39 is 45.1 Å². The molecule has 2 aromatic rings. The van der Waals surface area contributed by atoms with Crippen molar-refractivity contribution in [3.05, 3.63) is 65.6 Å². The van der Waals surface area contributed by atoms with Crippen LogP contribution in [0, 0.1) is 23.4 Å². The highest BCUT2D eigenvalue weighted by atomic mass is 32.3. The highest BCUT2D eigenvalue weighted by Crippen LogP contribution is 2.60. The lowest BCUT2D eigenvalue weighted by molar-refractivity contribution is -0.143. The van der Waals surface area contributed by atoms with Crippen molar-refractivity contribution in [1.82, 2.24) is 0 Å². The summed E-state index contributed by atoms with van der Waals surface area (Å²) in [6.07, 6.45) is 6.47. The predicted molar refractivity (Wildman–Crippen MR) is 126 cm³/mol. The lowest BCUT2D eigenvalue weighted by Gasteiger charge is -2.34. The van der Waals surface area contributed by atoms with E-state index in [-0.39, 0.29) is 5.97 Å². The van der Waals surface area contributed by atoms with E-state index in [9.17, 15) is 22.8 Å². The number of aliphatic imine (C=N–C) groups is 1. The Kier molecular flexibility index (Phi) is 7.16. The first kappa shape index (κ1) is 24.4. The molecule has 176 valence electrons. The number of anilines is 2. The van der Waals surface area contributed by atoms with E-state index in [0.717, 1.165) is 15.5 Å². The Labute approximate surface area is 191 Å². The number of esters is 1. The topological polar surface area (TPSA) is 79.8 Å². The van der Waals surface area contributed by atoms with Crippen LogP contribution in [0.15, 0.2) is 47.6 Å². The number of hydrogen-bond donors (Lipinski definition) is 2. The van der Waals surface area contributed by atoms with Crippen LogP contribution in [-0.2, 0) is 9.53 Å². The molecule has 1 atom stereocenters. The fourth-order valence-electron chi connectivity index (χ4n) is 3.52. The number of amides is 2. The number of carbonyl (C=O) groups excluding carboxylic acids is 2. The third-order valence-corrected chi connectivity index (χ3v) is 8.14. The van der Waals surface area contributed by atoms with Crippen molar-refractivity contribution in [2.45, 2.75) is 13.3 Å². The van der Waals surface area contributed by atoms with Crippen molar-refractivity contribution >= 4 is 43.4 Å². The normalized spacial score (nSPS) is 16.3. The molecule has 0 saturated heterocycles. The summed E-state index contributed by atoms with van der Waals surface area (Å²) < 4.78 is 45.0. The lowest BCUT2D eigenvalue weighted by atomic mass is 10.1. The smallest absolute Gasteiger partial charge is 0.323 e. The Morgan fingerprint density at radius 2 is 1.67 bits per heavy atom. The number of urea groups is 1. The van der Waals surface area contributed by atoms with Gasteiger partial charge in [0.25, 0.3) is 0 Å². The molecule has 0 saturated carbocycles. The van der Waals surface area contributed by atoms with E-state index in [0.29, 0.717) is 24.2 Å². The van der Waals surface area contributed by atoms with Crippen LogP contribution < -0.4 is 10.6 Å². The third-order valence-electron chi connectivity index (χ3n) is 5.26. The molecular formula is C23H24F3N3O3S. The number of carbonyl (C=O) groups is 2. The van der Waals surface area contributed by atoms with Gasteiger partial charge in [0.05, 0.1) is 17.8 Å². The lowest BCUT2D eigenvalue weighted by Crippen LogP contribution is -2.27. The summed E-state index contributed by atoms with van der Waals surface area (Å²) in [5, 5.41) is 5.47. The standard InChI is InChI=1S/C23H24F3N3O3S/c1-5-15(22(30)32-2)21-27-12-20(33(21,3)4)13-6-8-14(9-7-13)28-23(31)29-19-11-17(25)16(24)10-18(19)26/h6-12,15H,5H2,1-4H3,(H2,28,29,31). The molecule has 33 heavy (non-hydrogen) atoms. The predicted octanol–water partition coefficient (Wildman–Crippen LogP) is 5.72. The van der Waals surface area contributed by atoms with E-state index in [2.05, 4.69) is 28.1 Å². The molecular weight excluding hydrogens is 455 g/mol. The number of benzene rings is 2. The molecule has 0 aromatic heterocycles. The molecule has 0 bridgehead atoms. The summed E-state index contributed by atoms with van der Waals surface area (Å²) in [4.78, 5) is 29.8. The largest absolute Gasteiger partial charge is 0.468 e. The van der Waals surface area contributed by atoms with Crippen LogP contribution >= 0.6 is 10.0 Å². The Bertz CT molecular complexity index is 1150. The third kappa shape index (κ3) is 5.05. The van der Waals surface area contributed by atoms with Gasteiger partial charge in [-0.3, -0.25) is 9.79 Å². The van der Waals surface area contributed by atoms with Crippen molar-refractivity contribution in [2.24, 2.45) is 10.9 Å². The number of rotatable bonds is 6. The molecule has 0 aliphatic carbocycles. The summed E-state index contributed by atoms with van der Waals surface area (Å²) in [6, 6.07) is 7.02. The second-order valence-corrected chi connectivity index (χ2v) is 11.2. The first-order valence-corrected chi connectivity index (χ1v) is 12.5. The molecule has 1 heterocycles. The van der Waals surface area contributed by atoms with E-state index >= 15 is 0 Å². The van der Waals surface area contributed by atoms with Gasteiger partial charge in [-0.2, -0.15) is 10.0 Å². The van der Waals surface area contributed by atoms with E-state index in [1.165, 1.54) is 7.11 Å². The van der Waals surface area contributed by atoms with Gasteiger partial charge in [0.2, 0.25) is 0 Å². The molecule has 0 radical (unpaired) electrons. The van der Waals surface area contributed by atoms with E-state index in [1.54, 1.807) is 30.5 Å². The first-order valence-electron chi connectivity index (χ1n) is 10.0. The summed E-state index contributed by atoms with van der Waals surface area (Å²) in [5.74, 6) is -4.43. The maximum atomic E-state index is 13.7. The summed E-state index contributed by atoms with van der Waals surface area (Å²) >= 11 is 0. The number of halogens is 3. The summed E-state index contributed by atoms with van der Waals surface area (Å²) in [7, 11) is -0.172. The number of hydrogen-bond acceptors (Lipinski definition) is 4.